The molecule has 0 spiro atoms. The second kappa shape index (κ2) is 1.40. The second-order valence-corrected chi connectivity index (χ2v) is 1.44. The zero-order valence-electron chi connectivity index (χ0n) is 2.83. The first kappa shape index (κ1) is 3.83. The van der Waals surface area contributed by atoms with Gasteiger partial charge in [-0.2, -0.15) is 0 Å². The van der Waals surface area contributed by atoms with E-state index in [0.717, 1.165) is 12.2 Å². The molecule has 0 aromatic rings. The number of hydrogen-bond acceptors (Lipinski definition) is 4. The molecule has 6 heavy (non-hydrogen) atoms. The summed E-state index contributed by atoms with van der Waals surface area (Å²) in [6.45, 7) is 0. The van der Waals surface area contributed by atoms with E-state index in [1.165, 1.54) is 12.5 Å². The Morgan fingerprint density at radius 2 is 2.67 bits per heavy atom. The first-order valence-electron chi connectivity index (χ1n) is 1.36. The number of nitrogens with zero attached hydrogens (tertiary/aromatic N) is 1. The van der Waals surface area contributed by atoms with Crippen molar-refractivity contribution in [2.24, 2.45) is 0 Å². The minimum Gasteiger partial charge on any atom is -0.746 e. The molecule has 0 aromatic heterocycles. The van der Waals surface area contributed by atoms with Gasteiger partial charge in [0.05, 0.1) is 0 Å². The summed E-state index contributed by atoms with van der Waals surface area (Å²) in [7, 11) is 0. The fourth-order valence-corrected chi connectivity index (χ4v) is 0.450. The average Bonchev–Trinajstić information content (AvgIpc) is 1.86. The van der Waals surface area contributed by atoms with Gasteiger partial charge in [-0.3, -0.25) is 0 Å². The topological polar surface area (TPSA) is 35.5 Å². The Balaban J connectivity index is 2.38. The van der Waals surface area contributed by atoms with Crippen LogP contribution in [0.2, 0.25) is 0 Å². The van der Waals surface area contributed by atoms with Crippen molar-refractivity contribution in [2.75, 3.05) is 0 Å². The molecular formula is C2H2NO2S-. The molecule has 4 heteroatoms. The molecule has 0 radical (unpaired) electrons. The van der Waals surface area contributed by atoms with Gasteiger partial charge in [-0.05, 0) is 0 Å². The SMILES string of the molecule is [O-]N1C=COS1. The molecule has 0 aromatic carbocycles. The summed E-state index contributed by atoms with van der Waals surface area (Å²) in [4.78, 5) is 0. The quantitative estimate of drug-likeness (QED) is 0.337. The Labute approximate surface area is 39.5 Å². The number of hydrogen-bond donors (Lipinski definition) is 0. The average molecular weight is 104 g/mol. The van der Waals surface area contributed by atoms with E-state index in [0.29, 0.717) is 4.47 Å². The monoisotopic (exact) mass is 104 g/mol. The highest BCUT2D eigenvalue weighted by molar-refractivity contribution is 7.92. The van der Waals surface area contributed by atoms with E-state index < -0.39 is 0 Å². The third kappa shape index (κ3) is 0.580. The Morgan fingerprint density at radius 1 is 1.83 bits per heavy atom. The van der Waals surface area contributed by atoms with Crippen LogP contribution in [-0.4, -0.2) is 4.47 Å². The van der Waals surface area contributed by atoms with Crippen molar-refractivity contribution in [3.63, 3.8) is 0 Å². The van der Waals surface area contributed by atoms with E-state index in [4.69, 9.17) is 0 Å². The number of rotatable bonds is 0. The fourth-order valence-electron chi connectivity index (χ4n) is 0.167. The van der Waals surface area contributed by atoms with Crippen molar-refractivity contribution in [3.05, 3.63) is 17.7 Å². The van der Waals surface area contributed by atoms with Crippen molar-refractivity contribution in [1.82, 2.24) is 4.47 Å². The first-order valence-corrected chi connectivity index (χ1v) is 2.06. The van der Waals surface area contributed by atoms with Crippen LogP contribution >= 0.6 is 12.2 Å². The van der Waals surface area contributed by atoms with Crippen LogP contribution in [0, 0.1) is 5.21 Å². The van der Waals surface area contributed by atoms with Gasteiger partial charge < -0.3 is 13.9 Å². The Hall–Kier alpha value is -0.350. The standard InChI is InChI=1S/C2H2NO2S/c4-3-1-2-5-6-3/h1-2H/q-1. The predicted molar refractivity (Wildman–Crippen MR) is 23.0 cm³/mol. The maximum absolute atomic E-state index is 9.91. The largest absolute Gasteiger partial charge is 0.746 e. The summed E-state index contributed by atoms with van der Waals surface area (Å²) in [5.41, 5.74) is 0. The summed E-state index contributed by atoms with van der Waals surface area (Å²) in [6, 6.07) is 0. The van der Waals surface area contributed by atoms with Gasteiger partial charge in [0.15, 0.2) is 12.2 Å². The zero-order chi connectivity index (χ0) is 4.41. The molecule has 1 aliphatic heterocycles. The highest BCUT2D eigenvalue weighted by Crippen LogP contribution is 2.16. The lowest BCUT2D eigenvalue weighted by molar-refractivity contribution is 0.574. The van der Waals surface area contributed by atoms with Crippen molar-refractivity contribution < 1.29 is 4.18 Å². The molecule has 0 N–H and O–H groups in total. The molecule has 1 rings (SSSR count). The lowest BCUT2D eigenvalue weighted by atomic mass is 11.0. The van der Waals surface area contributed by atoms with E-state index in [9.17, 15) is 5.21 Å². The summed E-state index contributed by atoms with van der Waals surface area (Å²) < 4.78 is 5.03. The number of hydroxylamine groups is 1. The van der Waals surface area contributed by atoms with Gasteiger partial charge in [0.1, 0.15) is 6.26 Å². The normalized spacial score (nSPS) is 18.5. The minimum absolute atomic E-state index is 0.625. The van der Waals surface area contributed by atoms with Crippen LogP contribution in [0.4, 0.5) is 0 Å². The molecule has 1 heterocycles. The molecule has 0 fully saturated rings. The Kier molecular flexibility index (Phi) is 0.894. The van der Waals surface area contributed by atoms with Crippen molar-refractivity contribution in [2.45, 2.75) is 0 Å². The molecule has 0 saturated carbocycles. The van der Waals surface area contributed by atoms with Crippen molar-refractivity contribution in [1.29, 1.82) is 0 Å². The van der Waals surface area contributed by atoms with Crippen LogP contribution in [0.25, 0.3) is 0 Å². The van der Waals surface area contributed by atoms with E-state index >= 15 is 0 Å². The molecule has 0 saturated heterocycles. The van der Waals surface area contributed by atoms with Crippen LogP contribution in [0.3, 0.4) is 0 Å². The van der Waals surface area contributed by atoms with Crippen LogP contribution in [0.15, 0.2) is 12.5 Å². The summed E-state index contributed by atoms with van der Waals surface area (Å²) in [6.07, 6.45) is 2.63. The molecule has 0 atom stereocenters. The van der Waals surface area contributed by atoms with Crippen LogP contribution < -0.4 is 0 Å². The molecule has 34 valence electrons. The van der Waals surface area contributed by atoms with Crippen LogP contribution in [0.5, 0.6) is 0 Å². The van der Waals surface area contributed by atoms with Gasteiger partial charge in [-0.1, -0.05) is 0 Å². The smallest absolute Gasteiger partial charge is 0.166 e. The van der Waals surface area contributed by atoms with Gasteiger partial charge in [-0.15, -0.1) is 0 Å². The lowest BCUT2D eigenvalue weighted by Crippen LogP contribution is -1.86. The molecule has 0 amide bonds. The van der Waals surface area contributed by atoms with Crippen molar-refractivity contribution >= 4 is 12.2 Å². The highest BCUT2D eigenvalue weighted by atomic mass is 32.2. The summed E-state index contributed by atoms with van der Waals surface area (Å²) in [5.74, 6) is 0. The van der Waals surface area contributed by atoms with E-state index in [2.05, 4.69) is 4.18 Å². The van der Waals surface area contributed by atoms with E-state index in [-0.39, 0.29) is 0 Å². The minimum atomic E-state index is 0.625. The van der Waals surface area contributed by atoms with Gasteiger partial charge in [0.25, 0.3) is 0 Å². The van der Waals surface area contributed by atoms with Crippen LogP contribution in [0.1, 0.15) is 0 Å². The Morgan fingerprint density at radius 3 is 2.83 bits per heavy atom. The van der Waals surface area contributed by atoms with Crippen molar-refractivity contribution in [3.8, 4) is 0 Å². The van der Waals surface area contributed by atoms with Gasteiger partial charge in [0.2, 0.25) is 0 Å². The molecule has 0 bridgehead atoms. The molecular weight excluding hydrogens is 102 g/mol. The maximum atomic E-state index is 9.91. The fraction of sp³-hybridized carbons (Fsp3) is 0. The second-order valence-electron chi connectivity index (χ2n) is 0.741. The molecule has 3 nitrogen and oxygen atoms in total. The Bertz CT molecular complexity index is 73.9. The summed E-state index contributed by atoms with van der Waals surface area (Å²) in [5, 5.41) is 9.91. The van der Waals surface area contributed by atoms with E-state index in [1.807, 2.05) is 0 Å². The third-order valence-corrected chi connectivity index (χ3v) is 0.820. The first-order chi connectivity index (χ1) is 2.89. The predicted octanol–water partition coefficient (Wildman–Crippen LogP) is 0.851. The molecule has 0 unspecified atom stereocenters. The third-order valence-electron chi connectivity index (χ3n) is 0.355. The van der Waals surface area contributed by atoms with E-state index in [1.54, 1.807) is 0 Å². The summed E-state index contributed by atoms with van der Waals surface area (Å²) >= 11 is 0.764. The van der Waals surface area contributed by atoms with Gasteiger partial charge in [0, 0.05) is 6.20 Å². The maximum Gasteiger partial charge on any atom is 0.166 e. The molecule has 1 aliphatic rings. The van der Waals surface area contributed by atoms with Gasteiger partial charge in [-0.25, -0.2) is 0 Å². The van der Waals surface area contributed by atoms with Gasteiger partial charge >= 0.3 is 0 Å². The van der Waals surface area contributed by atoms with Crippen LogP contribution in [-0.2, 0) is 4.18 Å². The highest BCUT2D eigenvalue weighted by Gasteiger charge is 1.89. The lowest BCUT2D eigenvalue weighted by Gasteiger charge is -2.13. The zero-order valence-corrected chi connectivity index (χ0v) is 3.64. The molecule has 0 aliphatic carbocycles.